The standard InChI is InChI=1S/C36H39BrO6/c37-22-21-36(42-26-31-19-11-4-12-20-31)34(41-25-30-17-9-3-10-18-30)33(40-24-29-15-7-2-8-16-29)32(43-35(36)38)27-39-23-28-13-5-1-6-14-28/h1-20,32-35,38H,21-27H2/t32-,33+,34+,35?,36-/m1/s1. The van der Waals surface area contributed by atoms with Crippen molar-refractivity contribution in [2.24, 2.45) is 0 Å². The van der Waals surface area contributed by atoms with E-state index in [0.717, 1.165) is 22.3 Å². The number of rotatable bonds is 15. The summed E-state index contributed by atoms with van der Waals surface area (Å²) in [5.41, 5.74) is 2.86. The third-order valence-electron chi connectivity index (χ3n) is 7.66. The Morgan fingerprint density at radius 1 is 0.628 bits per heavy atom. The average Bonchev–Trinajstić information content (AvgIpc) is 3.06. The van der Waals surface area contributed by atoms with Crippen LogP contribution in [0.2, 0.25) is 0 Å². The van der Waals surface area contributed by atoms with Crippen LogP contribution >= 0.6 is 15.9 Å². The van der Waals surface area contributed by atoms with Crippen LogP contribution < -0.4 is 0 Å². The van der Waals surface area contributed by atoms with Gasteiger partial charge >= 0.3 is 0 Å². The number of aliphatic hydroxyl groups is 1. The van der Waals surface area contributed by atoms with Gasteiger partial charge in [0.05, 0.1) is 33.0 Å². The minimum absolute atomic E-state index is 0.208. The van der Waals surface area contributed by atoms with Crippen molar-refractivity contribution in [3.05, 3.63) is 144 Å². The van der Waals surface area contributed by atoms with Gasteiger partial charge in [0.15, 0.2) is 6.29 Å². The van der Waals surface area contributed by atoms with E-state index >= 15 is 0 Å². The summed E-state index contributed by atoms with van der Waals surface area (Å²) in [6, 6.07) is 39.9. The quantitative estimate of drug-likeness (QED) is 0.143. The van der Waals surface area contributed by atoms with E-state index < -0.39 is 30.2 Å². The lowest BCUT2D eigenvalue weighted by molar-refractivity contribution is -0.359. The van der Waals surface area contributed by atoms with E-state index in [1.165, 1.54) is 0 Å². The number of hydrogen-bond donors (Lipinski definition) is 1. The zero-order valence-electron chi connectivity index (χ0n) is 24.2. The second kappa shape index (κ2) is 16.3. The third kappa shape index (κ3) is 8.61. The van der Waals surface area contributed by atoms with Crippen LogP contribution in [0, 0.1) is 0 Å². The lowest BCUT2D eigenvalue weighted by Crippen LogP contribution is -2.69. The zero-order chi connectivity index (χ0) is 29.7. The molecule has 7 heteroatoms. The SMILES string of the molecule is OC1O[C@H](COCc2ccccc2)[C@H](OCc2ccccc2)[C@H](OCc2ccccc2)[C@@]1(CCBr)OCc1ccccc1. The van der Waals surface area contributed by atoms with Gasteiger partial charge in [0.1, 0.15) is 23.9 Å². The Morgan fingerprint density at radius 2 is 1.09 bits per heavy atom. The molecule has 4 aromatic carbocycles. The van der Waals surface area contributed by atoms with Gasteiger partial charge in [-0.25, -0.2) is 0 Å². The van der Waals surface area contributed by atoms with Crippen molar-refractivity contribution in [1.82, 2.24) is 0 Å². The van der Waals surface area contributed by atoms with E-state index in [4.69, 9.17) is 23.7 Å². The number of benzene rings is 4. The first-order valence-corrected chi connectivity index (χ1v) is 15.8. The second-order valence-corrected chi connectivity index (χ2v) is 11.5. The monoisotopic (exact) mass is 646 g/mol. The summed E-state index contributed by atoms with van der Waals surface area (Å²) < 4.78 is 32.5. The lowest BCUT2D eigenvalue weighted by Gasteiger charge is -2.52. The molecule has 1 heterocycles. The predicted octanol–water partition coefficient (Wildman–Crippen LogP) is 6.83. The van der Waals surface area contributed by atoms with Gasteiger partial charge in [0.2, 0.25) is 0 Å². The van der Waals surface area contributed by atoms with Crippen molar-refractivity contribution in [2.75, 3.05) is 11.9 Å². The highest BCUT2D eigenvalue weighted by atomic mass is 79.9. The average molecular weight is 648 g/mol. The Kier molecular flexibility index (Phi) is 11.9. The normalized spacial score (nSPS) is 23.7. The van der Waals surface area contributed by atoms with Gasteiger partial charge < -0.3 is 28.8 Å². The largest absolute Gasteiger partial charge is 0.374 e. The highest BCUT2D eigenvalue weighted by Gasteiger charge is 2.58. The Balaban J connectivity index is 1.45. The maximum Gasteiger partial charge on any atom is 0.187 e. The predicted molar refractivity (Wildman–Crippen MR) is 169 cm³/mol. The molecule has 0 amide bonds. The smallest absolute Gasteiger partial charge is 0.187 e. The number of halogens is 1. The maximum absolute atomic E-state index is 11.7. The van der Waals surface area contributed by atoms with Crippen molar-refractivity contribution in [2.45, 2.75) is 63.1 Å². The molecule has 6 nitrogen and oxygen atoms in total. The van der Waals surface area contributed by atoms with Gasteiger partial charge in [0.25, 0.3) is 0 Å². The fourth-order valence-corrected chi connectivity index (χ4v) is 5.98. The van der Waals surface area contributed by atoms with Gasteiger partial charge in [-0.05, 0) is 28.7 Å². The lowest BCUT2D eigenvalue weighted by atomic mass is 9.83. The van der Waals surface area contributed by atoms with Gasteiger partial charge in [-0.15, -0.1) is 0 Å². The van der Waals surface area contributed by atoms with Crippen molar-refractivity contribution >= 4 is 15.9 Å². The summed E-state index contributed by atoms with van der Waals surface area (Å²) in [4.78, 5) is 0. The van der Waals surface area contributed by atoms with Gasteiger partial charge in [0, 0.05) is 5.33 Å². The van der Waals surface area contributed by atoms with Crippen LogP contribution in [-0.4, -0.2) is 47.2 Å². The highest BCUT2D eigenvalue weighted by Crippen LogP contribution is 2.40. The molecular weight excluding hydrogens is 608 g/mol. The molecular formula is C36H39BrO6. The molecule has 1 aliphatic rings. The summed E-state index contributed by atoms with van der Waals surface area (Å²) in [6.07, 6.45) is -2.73. The highest BCUT2D eigenvalue weighted by molar-refractivity contribution is 9.09. The van der Waals surface area contributed by atoms with Crippen molar-refractivity contribution in [3.63, 3.8) is 0 Å². The molecule has 0 aromatic heterocycles. The van der Waals surface area contributed by atoms with Crippen LogP contribution in [0.15, 0.2) is 121 Å². The Bertz CT molecular complexity index is 1330. The van der Waals surface area contributed by atoms with E-state index in [-0.39, 0.29) is 13.2 Å². The van der Waals surface area contributed by atoms with E-state index in [0.29, 0.717) is 31.6 Å². The van der Waals surface area contributed by atoms with E-state index in [9.17, 15) is 5.11 Å². The van der Waals surface area contributed by atoms with Crippen LogP contribution in [0.1, 0.15) is 28.7 Å². The molecule has 43 heavy (non-hydrogen) atoms. The molecule has 1 N–H and O–H groups in total. The Morgan fingerprint density at radius 3 is 1.60 bits per heavy atom. The molecule has 1 saturated heterocycles. The fraction of sp³-hybridized carbons (Fsp3) is 0.333. The zero-order valence-corrected chi connectivity index (χ0v) is 25.8. The molecule has 0 spiro atoms. The number of hydrogen-bond acceptors (Lipinski definition) is 6. The van der Waals surface area contributed by atoms with Crippen LogP contribution in [-0.2, 0) is 50.1 Å². The molecule has 0 radical (unpaired) electrons. The molecule has 5 atom stereocenters. The van der Waals surface area contributed by atoms with Crippen LogP contribution in [0.4, 0.5) is 0 Å². The van der Waals surface area contributed by atoms with Crippen LogP contribution in [0.3, 0.4) is 0 Å². The Hall–Kier alpha value is -2.88. The van der Waals surface area contributed by atoms with Crippen molar-refractivity contribution < 1.29 is 28.8 Å². The van der Waals surface area contributed by atoms with Gasteiger partial charge in [-0.2, -0.15) is 0 Å². The number of aliphatic hydroxyl groups excluding tert-OH is 1. The number of ether oxygens (including phenoxy) is 5. The molecule has 0 saturated carbocycles. The molecule has 1 fully saturated rings. The second-order valence-electron chi connectivity index (χ2n) is 10.7. The fourth-order valence-electron chi connectivity index (χ4n) is 5.36. The molecule has 1 aliphatic heterocycles. The molecule has 4 aromatic rings. The van der Waals surface area contributed by atoms with E-state index in [2.05, 4.69) is 15.9 Å². The minimum Gasteiger partial charge on any atom is -0.374 e. The van der Waals surface area contributed by atoms with Crippen molar-refractivity contribution in [1.29, 1.82) is 0 Å². The molecule has 226 valence electrons. The maximum atomic E-state index is 11.7. The van der Waals surface area contributed by atoms with Crippen LogP contribution in [0.5, 0.6) is 0 Å². The van der Waals surface area contributed by atoms with Crippen molar-refractivity contribution in [3.8, 4) is 0 Å². The minimum atomic E-state index is -1.28. The van der Waals surface area contributed by atoms with E-state index in [1.54, 1.807) is 0 Å². The first-order chi connectivity index (χ1) is 21.2. The van der Waals surface area contributed by atoms with Gasteiger partial charge in [-0.1, -0.05) is 137 Å². The summed E-state index contributed by atoms with van der Waals surface area (Å²) in [6.45, 7) is 1.56. The van der Waals surface area contributed by atoms with Crippen LogP contribution in [0.25, 0.3) is 0 Å². The topological polar surface area (TPSA) is 66.4 Å². The Labute approximate surface area is 262 Å². The van der Waals surface area contributed by atoms with Gasteiger partial charge in [-0.3, -0.25) is 0 Å². The summed E-state index contributed by atoms with van der Waals surface area (Å²) in [5, 5.41) is 12.3. The summed E-state index contributed by atoms with van der Waals surface area (Å²) in [5.74, 6) is 0. The van der Waals surface area contributed by atoms with E-state index in [1.807, 2.05) is 121 Å². The molecule has 0 bridgehead atoms. The summed E-state index contributed by atoms with van der Waals surface area (Å²) in [7, 11) is 0. The number of alkyl halides is 1. The molecule has 0 aliphatic carbocycles. The first kappa shape index (κ1) is 31.5. The molecule has 5 rings (SSSR count). The molecule has 1 unspecified atom stereocenters. The first-order valence-electron chi connectivity index (χ1n) is 14.7. The third-order valence-corrected chi connectivity index (χ3v) is 8.05. The summed E-state index contributed by atoms with van der Waals surface area (Å²) >= 11 is 3.61.